The zero-order valence-corrected chi connectivity index (χ0v) is 9.17. The molecule has 0 saturated carbocycles. The van der Waals surface area contributed by atoms with Gasteiger partial charge < -0.3 is 4.74 Å². The molecule has 0 atom stereocenters. The van der Waals surface area contributed by atoms with Crippen LogP contribution in [0.1, 0.15) is 11.3 Å². The van der Waals surface area contributed by atoms with Crippen LogP contribution in [0.3, 0.4) is 0 Å². The van der Waals surface area contributed by atoms with Crippen LogP contribution in [-0.4, -0.2) is 11.6 Å². The van der Waals surface area contributed by atoms with E-state index in [1.54, 1.807) is 0 Å². The third-order valence-corrected chi connectivity index (χ3v) is 2.34. The number of hydrogen-bond donors (Lipinski definition) is 0. The Morgan fingerprint density at radius 1 is 0.938 bits per heavy atom. The highest BCUT2D eigenvalue weighted by atomic mass is 16.5. The summed E-state index contributed by atoms with van der Waals surface area (Å²) < 4.78 is 5.58. The summed E-state index contributed by atoms with van der Waals surface area (Å²) in [6, 6.07) is 16.1. The summed E-state index contributed by atoms with van der Waals surface area (Å²) >= 11 is 0. The van der Waals surface area contributed by atoms with Crippen molar-refractivity contribution >= 4 is 0 Å². The number of benzene rings is 1. The fraction of sp³-hybridized carbons (Fsp3) is 0.214. The molecular weight excluding hydrogens is 198 g/mol. The summed E-state index contributed by atoms with van der Waals surface area (Å²) in [4.78, 5) is 4.24. The van der Waals surface area contributed by atoms with Gasteiger partial charge in [-0.3, -0.25) is 4.98 Å². The molecule has 0 radical (unpaired) electrons. The van der Waals surface area contributed by atoms with Gasteiger partial charge in [-0.05, 0) is 17.7 Å². The minimum atomic E-state index is 0.674. The van der Waals surface area contributed by atoms with Crippen LogP contribution in [0.15, 0.2) is 54.7 Å². The maximum atomic E-state index is 5.58. The summed E-state index contributed by atoms with van der Waals surface area (Å²) in [6.07, 6.45) is 2.68. The molecule has 0 spiro atoms. The first-order valence-electron chi connectivity index (χ1n) is 5.47. The second kappa shape index (κ2) is 6.03. The van der Waals surface area contributed by atoms with Crippen molar-refractivity contribution in [2.24, 2.45) is 0 Å². The molecule has 2 aromatic rings. The Balaban J connectivity index is 1.70. The first kappa shape index (κ1) is 10.8. The Morgan fingerprint density at radius 3 is 2.50 bits per heavy atom. The normalized spacial score (nSPS) is 10.2. The Labute approximate surface area is 95.9 Å². The van der Waals surface area contributed by atoms with Gasteiger partial charge >= 0.3 is 0 Å². The highest BCUT2D eigenvalue weighted by Gasteiger charge is 1.94. The van der Waals surface area contributed by atoms with E-state index in [2.05, 4.69) is 17.1 Å². The molecule has 0 N–H and O–H groups in total. The van der Waals surface area contributed by atoms with Crippen LogP contribution in [0.25, 0.3) is 0 Å². The van der Waals surface area contributed by atoms with Crippen LogP contribution in [0.5, 0.6) is 0 Å². The van der Waals surface area contributed by atoms with E-state index in [-0.39, 0.29) is 0 Å². The molecule has 2 nitrogen and oxygen atoms in total. The van der Waals surface area contributed by atoms with E-state index < -0.39 is 0 Å². The second-order valence-electron chi connectivity index (χ2n) is 3.61. The summed E-state index contributed by atoms with van der Waals surface area (Å²) in [7, 11) is 0. The van der Waals surface area contributed by atoms with Gasteiger partial charge in [0.15, 0.2) is 0 Å². The molecule has 0 aliphatic carbocycles. The van der Waals surface area contributed by atoms with Gasteiger partial charge in [-0.15, -0.1) is 0 Å². The molecule has 0 aliphatic rings. The maximum Gasteiger partial charge on any atom is 0.0717 e. The summed E-state index contributed by atoms with van der Waals surface area (Å²) in [5, 5.41) is 0. The van der Waals surface area contributed by atoms with E-state index in [4.69, 9.17) is 4.74 Å². The van der Waals surface area contributed by atoms with Gasteiger partial charge in [0, 0.05) is 18.3 Å². The van der Waals surface area contributed by atoms with E-state index >= 15 is 0 Å². The first-order chi connectivity index (χ1) is 7.95. The van der Waals surface area contributed by atoms with E-state index in [9.17, 15) is 0 Å². The number of rotatable bonds is 5. The average Bonchev–Trinajstić information content (AvgIpc) is 2.37. The first-order valence-corrected chi connectivity index (χ1v) is 5.47. The number of nitrogens with zero attached hydrogens (tertiary/aromatic N) is 1. The Morgan fingerprint density at radius 2 is 1.75 bits per heavy atom. The largest absolute Gasteiger partial charge is 0.376 e. The topological polar surface area (TPSA) is 22.1 Å². The second-order valence-corrected chi connectivity index (χ2v) is 3.61. The molecule has 82 valence electrons. The van der Waals surface area contributed by atoms with Crippen molar-refractivity contribution in [3.63, 3.8) is 0 Å². The minimum absolute atomic E-state index is 0.674. The van der Waals surface area contributed by atoms with Crippen LogP contribution in [0, 0.1) is 0 Å². The van der Waals surface area contributed by atoms with Gasteiger partial charge in [0.25, 0.3) is 0 Å². The number of aromatic nitrogens is 1. The minimum Gasteiger partial charge on any atom is -0.376 e. The predicted molar refractivity (Wildman–Crippen MR) is 64.0 cm³/mol. The average molecular weight is 213 g/mol. The van der Waals surface area contributed by atoms with Crippen molar-refractivity contribution in [2.45, 2.75) is 13.0 Å². The summed E-state index contributed by atoms with van der Waals surface area (Å²) in [5.74, 6) is 0. The predicted octanol–water partition coefficient (Wildman–Crippen LogP) is 2.84. The molecule has 16 heavy (non-hydrogen) atoms. The van der Waals surface area contributed by atoms with Crippen molar-refractivity contribution in [1.82, 2.24) is 4.98 Å². The maximum absolute atomic E-state index is 5.58. The van der Waals surface area contributed by atoms with Crippen molar-refractivity contribution in [3.05, 3.63) is 66.0 Å². The van der Waals surface area contributed by atoms with Crippen LogP contribution in [0.4, 0.5) is 0 Å². The number of hydrogen-bond acceptors (Lipinski definition) is 2. The molecule has 1 aromatic carbocycles. The van der Waals surface area contributed by atoms with Gasteiger partial charge in [-0.1, -0.05) is 36.4 Å². The fourth-order valence-corrected chi connectivity index (χ4v) is 1.49. The lowest BCUT2D eigenvalue weighted by molar-refractivity contribution is 0.123. The van der Waals surface area contributed by atoms with Gasteiger partial charge in [0.05, 0.1) is 13.2 Å². The van der Waals surface area contributed by atoms with Crippen molar-refractivity contribution in [2.75, 3.05) is 6.61 Å². The molecule has 0 fully saturated rings. The zero-order chi connectivity index (χ0) is 11.1. The molecule has 1 aromatic heterocycles. The molecule has 0 saturated heterocycles. The Kier molecular flexibility index (Phi) is 4.08. The quantitative estimate of drug-likeness (QED) is 0.712. The third kappa shape index (κ3) is 3.48. The van der Waals surface area contributed by atoms with Gasteiger partial charge in [-0.25, -0.2) is 0 Å². The zero-order valence-electron chi connectivity index (χ0n) is 9.17. The lowest BCUT2D eigenvalue weighted by Crippen LogP contribution is -2.00. The monoisotopic (exact) mass is 213 g/mol. The smallest absolute Gasteiger partial charge is 0.0717 e. The SMILES string of the molecule is c1ccc(COCCc2ccccn2)cc1. The van der Waals surface area contributed by atoms with Gasteiger partial charge in [-0.2, -0.15) is 0 Å². The molecular formula is C14H15NO. The summed E-state index contributed by atoms with van der Waals surface area (Å²) in [6.45, 7) is 1.39. The summed E-state index contributed by atoms with van der Waals surface area (Å²) in [5.41, 5.74) is 2.29. The van der Waals surface area contributed by atoms with E-state index in [1.165, 1.54) is 5.56 Å². The van der Waals surface area contributed by atoms with E-state index in [0.717, 1.165) is 12.1 Å². The molecule has 1 heterocycles. The third-order valence-electron chi connectivity index (χ3n) is 2.34. The van der Waals surface area contributed by atoms with Gasteiger partial charge in [0.2, 0.25) is 0 Å². The lowest BCUT2D eigenvalue weighted by atomic mass is 10.2. The molecule has 0 unspecified atom stereocenters. The van der Waals surface area contributed by atoms with Crippen molar-refractivity contribution in [3.8, 4) is 0 Å². The highest BCUT2D eigenvalue weighted by molar-refractivity contribution is 5.13. The Bertz CT molecular complexity index is 358. The Hall–Kier alpha value is -1.67. The van der Waals surface area contributed by atoms with Crippen LogP contribution in [0.2, 0.25) is 0 Å². The highest BCUT2D eigenvalue weighted by Crippen LogP contribution is 2.01. The molecule has 2 heteroatoms. The van der Waals surface area contributed by atoms with Gasteiger partial charge in [0.1, 0.15) is 0 Å². The molecule has 0 bridgehead atoms. The van der Waals surface area contributed by atoms with Crippen molar-refractivity contribution < 1.29 is 4.74 Å². The van der Waals surface area contributed by atoms with E-state index in [0.29, 0.717) is 13.2 Å². The number of ether oxygens (including phenoxy) is 1. The fourth-order valence-electron chi connectivity index (χ4n) is 1.49. The standard InChI is InChI=1S/C14H15NO/c1-2-6-13(7-3-1)12-16-11-9-14-8-4-5-10-15-14/h1-8,10H,9,11-12H2. The van der Waals surface area contributed by atoms with Crippen LogP contribution in [-0.2, 0) is 17.8 Å². The molecule has 0 aliphatic heterocycles. The van der Waals surface area contributed by atoms with Crippen LogP contribution < -0.4 is 0 Å². The van der Waals surface area contributed by atoms with Crippen LogP contribution >= 0.6 is 0 Å². The van der Waals surface area contributed by atoms with E-state index in [1.807, 2.05) is 42.6 Å². The van der Waals surface area contributed by atoms with Crippen molar-refractivity contribution in [1.29, 1.82) is 0 Å². The lowest BCUT2D eigenvalue weighted by Gasteiger charge is -2.03. The molecule has 2 rings (SSSR count). The molecule has 0 amide bonds. The number of pyridine rings is 1.